The van der Waals surface area contributed by atoms with Crippen molar-refractivity contribution in [3.63, 3.8) is 0 Å². The highest BCUT2D eigenvalue weighted by Crippen LogP contribution is 2.26. The van der Waals surface area contributed by atoms with E-state index in [1.165, 1.54) is 12.3 Å². The van der Waals surface area contributed by atoms with Gasteiger partial charge in [-0.25, -0.2) is 9.78 Å². The summed E-state index contributed by atoms with van der Waals surface area (Å²) in [5.74, 6) is -0.431. The van der Waals surface area contributed by atoms with Crippen LogP contribution in [-0.4, -0.2) is 28.2 Å². The molecule has 0 amide bonds. The molecule has 0 fully saturated rings. The molecule has 2 heterocycles. The third kappa shape index (κ3) is 2.41. The number of ether oxygens (including phenoxy) is 1. The van der Waals surface area contributed by atoms with Crippen LogP contribution in [0.5, 0.6) is 5.88 Å². The monoisotopic (exact) mass is 280 g/mol. The average molecular weight is 280 g/mol. The normalized spacial score (nSPS) is 10.5. The summed E-state index contributed by atoms with van der Waals surface area (Å²) in [5.41, 5.74) is 2.66. The molecule has 5 nitrogen and oxygen atoms in total. The molecule has 1 N–H and O–H groups in total. The Morgan fingerprint density at radius 1 is 1.10 bits per heavy atom. The van der Waals surface area contributed by atoms with Crippen LogP contribution in [-0.2, 0) is 0 Å². The van der Waals surface area contributed by atoms with Gasteiger partial charge in [0.25, 0.3) is 0 Å². The van der Waals surface area contributed by atoms with Gasteiger partial charge in [0.15, 0.2) is 0 Å². The fourth-order valence-corrected chi connectivity index (χ4v) is 2.18. The Balaban J connectivity index is 2.15. The first kappa shape index (κ1) is 13.1. The van der Waals surface area contributed by atoms with Crippen molar-refractivity contribution >= 4 is 16.9 Å². The van der Waals surface area contributed by atoms with Crippen molar-refractivity contribution in [3.05, 3.63) is 54.4 Å². The molecule has 0 aliphatic rings. The van der Waals surface area contributed by atoms with Gasteiger partial charge in [-0.15, -0.1) is 0 Å². The molecule has 0 bridgehead atoms. The predicted molar refractivity (Wildman–Crippen MR) is 78.5 cm³/mol. The van der Waals surface area contributed by atoms with Crippen LogP contribution in [0.1, 0.15) is 10.4 Å². The van der Waals surface area contributed by atoms with Crippen molar-refractivity contribution in [2.75, 3.05) is 7.11 Å². The van der Waals surface area contributed by atoms with Gasteiger partial charge in [0.05, 0.1) is 18.2 Å². The fourth-order valence-electron chi connectivity index (χ4n) is 2.18. The van der Waals surface area contributed by atoms with Crippen LogP contribution in [0.3, 0.4) is 0 Å². The molecule has 0 atom stereocenters. The maximum atomic E-state index is 11.3. The van der Waals surface area contributed by atoms with Crippen LogP contribution in [0.4, 0.5) is 0 Å². The van der Waals surface area contributed by atoms with E-state index in [9.17, 15) is 9.90 Å². The number of aromatic nitrogens is 2. The van der Waals surface area contributed by atoms with Gasteiger partial charge < -0.3 is 9.84 Å². The van der Waals surface area contributed by atoms with Crippen LogP contribution >= 0.6 is 0 Å². The maximum Gasteiger partial charge on any atom is 0.336 e. The van der Waals surface area contributed by atoms with Crippen molar-refractivity contribution < 1.29 is 14.6 Å². The smallest absolute Gasteiger partial charge is 0.336 e. The van der Waals surface area contributed by atoms with Crippen LogP contribution in [0.2, 0.25) is 0 Å². The number of carboxylic acid groups (broad SMARTS) is 1. The minimum Gasteiger partial charge on any atom is -0.481 e. The molecule has 0 radical (unpaired) electrons. The zero-order valence-electron chi connectivity index (χ0n) is 11.3. The fraction of sp³-hybridized carbons (Fsp3) is 0.0625. The Labute approximate surface area is 120 Å². The predicted octanol–water partition coefficient (Wildman–Crippen LogP) is 3.00. The van der Waals surface area contributed by atoms with Gasteiger partial charge in [-0.1, -0.05) is 6.07 Å². The zero-order chi connectivity index (χ0) is 14.8. The van der Waals surface area contributed by atoms with Gasteiger partial charge in [-0.2, -0.15) is 0 Å². The average Bonchev–Trinajstić information content (AvgIpc) is 2.53. The van der Waals surface area contributed by atoms with E-state index in [1.807, 2.05) is 18.2 Å². The highest BCUT2D eigenvalue weighted by Gasteiger charge is 2.10. The third-order valence-electron chi connectivity index (χ3n) is 3.25. The first-order valence-electron chi connectivity index (χ1n) is 6.31. The number of hydrogen-bond acceptors (Lipinski definition) is 4. The summed E-state index contributed by atoms with van der Waals surface area (Å²) in [6, 6.07) is 10.7. The molecule has 0 unspecified atom stereocenters. The summed E-state index contributed by atoms with van der Waals surface area (Å²) in [4.78, 5) is 19.6. The van der Waals surface area contributed by atoms with Gasteiger partial charge in [0, 0.05) is 29.4 Å². The van der Waals surface area contributed by atoms with E-state index in [0.717, 1.165) is 11.1 Å². The Bertz CT molecular complexity index is 813. The van der Waals surface area contributed by atoms with Gasteiger partial charge in [-0.05, 0) is 29.8 Å². The van der Waals surface area contributed by atoms with Crippen LogP contribution in [0.25, 0.3) is 22.0 Å². The Morgan fingerprint density at radius 2 is 1.90 bits per heavy atom. The molecular formula is C16H12N2O3. The Morgan fingerprint density at radius 3 is 2.57 bits per heavy atom. The largest absolute Gasteiger partial charge is 0.481 e. The van der Waals surface area contributed by atoms with E-state index >= 15 is 0 Å². The minimum atomic E-state index is -0.965. The molecular weight excluding hydrogens is 268 g/mol. The number of fused-ring (bicyclic) bond motifs is 1. The molecule has 0 saturated carbocycles. The second kappa shape index (κ2) is 5.20. The van der Waals surface area contributed by atoms with E-state index < -0.39 is 5.97 Å². The third-order valence-corrected chi connectivity index (χ3v) is 3.25. The number of benzene rings is 1. The highest BCUT2D eigenvalue weighted by molar-refractivity contribution is 6.03. The molecule has 0 aliphatic heterocycles. The number of methoxy groups -OCH3 is 1. The molecule has 2 aromatic heterocycles. The number of pyridine rings is 2. The van der Waals surface area contributed by atoms with Crippen molar-refractivity contribution in [3.8, 4) is 17.0 Å². The van der Waals surface area contributed by atoms with Gasteiger partial charge in [0.1, 0.15) is 0 Å². The molecule has 104 valence electrons. The van der Waals surface area contributed by atoms with Gasteiger partial charge in [0.2, 0.25) is 5.88 Å². The number of nitrogens with zero attached hydrogens (tertiary/aromatic N) is 2. The summed E-state index contributed by atoms with van der Waals surface area (Å²) < 4.78 is 5.03. The van der Waals surface area contributed by atoms with E-state index in [4.69, 9.17) is 4.74 Å². The lowest BCUT2D eigenvalue weighted by molar-refractivity contribution is 0.0699. The molecule has 5 heteroatoms. The lowest BCUT2D eigenvalue weighted by Gasteiger charge is -2.06. The van der Waals surface area contributed by atoms with E-state index in [1.54, 1.807) is 25.4 Å². The lowest BCUT2D eigenvalue weighted by Crippen LogP contribution is -1.98. The number of carbonyl (C=O) groups is 1. The van der Waals surface area contributed by atoms with Crippen molar-refractivity contribution in [1.29, 1.82) is 0 Å². The molecule has 0 spiro atoms. The molecule has 0 saturated heterocycles. The number of rotatable bonds is 3. The number of carboxylic acids is 1. The van der Waals surface area contributed by atoms with Crippen LogP contribution < -0.4 is 4.74 Å². The highest BCUT2D eigenvalue weighted by atomic mass is 16.5. The standard InChI is InChI=1S/C16H12N2O3/c1-21-15-5-3-11(9-18-15)10-2-4-14-13(8-10)12(16(19)20)6-7-17-14/h2-9H,1H3,(H,19,20). The van der Waals surface area contributed by atoms with E-state index in [0.29, 0.717) is 16.8 Å². The van der Waals surface area contributed by atoms with Crippen LogP contribution in [0, 0.1) is 0 Å². The van der Waals surface area contributed by atoms with Crippen molar-refractivity contribution in [2.24, 2.45) is 0 Å². The van der Waals surface area contributed by atoms with E-state index in [2.05, 4.69) is 9.97 Å². The van der Waals surface area contributed by atoms with Gasteiger partial charge in [-0.3, -0.25) is 4.98 Å². The van der Waals surface area contributed by atoms with Crippen molar-refractivity contribution in [2.45, 2.75) is 0 Å². The molecule has 21 heavy (non-hydrogen) atoms. The molecule has 3 aromatic rings. The maximum absolute atomic E-state index is 11.3. The molecule has 0 aliphatic carbocycles. The molecule has 1 aromatic carbocycles. The van der Waals surface area contributed by atoms with Crippen LogP contribution in [0.15, 0.2) is 48.8 Å². The Hall–Kier alpha value is -2.95. The summed E-state index contributed by atoms with van der Waals surface area (Å²) in [6.07, 6.45) is 3.19. The summed E-state index contributed by atoms with van der Waals surface area (Å²) in [5, 5.41) is 9.87. The first-order chi connectivity index (χ1) is 10.2. The first-order valence-corrected chi connectivity index (χ1v) is 6.31. The number of aromatic carboxylic acids is 1. The Kier molecular flexibility index (Phi) is 3.23. The SMILES string of the molecule is COc1ccc(-c2ccc3nccc(C(=O)O)c3c2)cn1. The minimum absolute atomic E-state index is 0.239. The topological polar surface area (TPSA) is 72.3 Å². The summed E-state index contributed by atoms with van der Waals surface area (Å²) in [6.45, 7) is 0. The lowest BCUT2D eigenvalue weighted by atomic mass is 10.0. The second-order valence-electron chi connectivity index (χ2n) is 4.48. The van der Waals surface area contributed by atoms with Crippen molar-refractivity contribution in [1.82, 2.24) is 9.97 Å². The number of hydrogen-bond donors (Lipinski definition) is 1. The van der Waals surface area contributed by atoms with Gasteiger partial charge >= 0.3 is 5.97 Å². The quantitative estimate of drug-likeness (QED) is 0.798. The summed E-state index contributed by atoms with van der Waals surface area (Å²) in [7, 11) is 1.56. The summed E-state index contributed by atoms with van der Waals surface area (Å²) >= 11 is 0. The van der Waals surface area contributed by atoms with E-state index in [-0.39, 0.29) is 5.56 Å². The molecule has 3 rings (SSSR count). The zero-order valence-corrected chi connectivity index (χ0v) is 11.3. The second-order valence-corrected chi connectivity index (χ2v) is 4.48.